The molecule has 23 heavy (non-hydrogen) atoms. The number of hydrogen-bond acceptors (Lipinski definition) is 3. The van der Waals surface area contributed by atoms with Gasteiger partial charge in [-0.05, 0) is 43.8 Å². The van der Waals surface area contributed by atoms with Crippen molar-refractivity contribution in [1.82, 2.24) is 14.8 Å². The van der Waals surface area contributed by atoms with E-state index >= 15 is 0 Å². The fraction of sp³-hybridized carbons (Fsp3) is 0.474. The van der Waals surface area contributed by atoms with Gasteiger partial charge in [0, 0.05) is 43.3 Å². The van der Waals surface area contributed by atoms with E-state index < -0.39 is 0 Å². The van der Waals surface area contributed by atoms with Gasteiger partial charge < -0.3 is 14.6 Å². The van der Waals surface area contributed by atoms with Gasteiger partial charge in [-0.2, -0.15) is 0 Å². The summed E-state index contributed by atoms with van der Waals surface area (Å²) in [6, 6.07) is 6.67. The fourth-order valence-electron chi connectivity index (χ4n) is 2.97. The molecule has 0 atom stereocenters. The van der Waals surface area contributed by atoms with Crippen LogP contribution in [0.4, 0.5) is 0 Å². The number of aromatic amines is 1. The van der Waals surface area contributed by atoms with E-state index in [4.69, 9.17) is 4.74 Å². The van der Waals surface area contributed by atoms with Gasteiger partial charge in [0.15, 0.2) is 0 Å². The zero-order valence-electron chi connectivity index (χ0n) is 14.2. The normalized spacial score (nSPS) is 16.8. The predicted molar refractivity (Wildman–Crippen MR) is 96.8 cm³/mol. The summed E-state index contributed by atoms with van der Waals surface area (Å²) in [6.45, 7) is 5.87. The quantitative estimate of drug-likeness (QED) is 0.889. The summed E-state index contributed by atoms with van der Waals surface area (Å²) < 4.78 is 5.38. The highest BCUT2D eigenvalue weighted by molar-refractivity contribution is 5.85. The van der Waals surface area contributed by atoms with Crippen molar-refractivity contribution in [3.63, 3.8) is 0 Å². The summed E-state index contributed by atoms with van der Waals surface area (Å²) >= 11 is 0. The molecule has 0 radical (unpaired) electrons. The Kier molecular flexibility index (Phi) is 5.49. The highest BCUT2D eigenvalue weighted by Gasteiger charge is 2.08. The van der Waals surface area contributed by atoms with Crippen LogP contribution in [0.25, 0.3) is 17.0 Å². The Morgan fingerprint density at radius 2 is 2.09 bits per heavy atom. The second-order valence-corrected chi connectivity index (χ2v) is 6.49. The van der Waals surface area contributed by atoms with Crippen LogP contribution in [-0.4, -0.2) is 68.3 Å². The highest BCUT2D eigenvalue weighted by Crippen LogP contribution is 2.21. The Morgan fingerprint density at radius 1 is 1.26 bits per heavy atom. The Hall–Kier alpha value is -1.62. The monoisotopic (exact) mass is 313 g/mol. The molecule has 0 aliphatic carbocycles. The van der Waals surface area contributed by atoms with Gasteiger partial charge in [0.05, 0.1) is 13.2 Å². The van der Waals surface area contributed by atoms with Gasteiger partial charge in [0.25, 0.3) is 0 Å². The number of likely N-dealkylation sites (N-methyl/N-ethyl adjacent to an activating group) is 1. The molecule has 1 aromatic carbocycles. The average molecular weight is 313 g/mol. The third-order valence-electron chi connectivity index (χ3n) is 4.40. The molecule has 2 aromatic rings. The molecule has 1 saturated heterocycles. The molecule has 0 amide bonds. The molecule has 0 saturated carbocycles. The average Bonchev–Trinajstić information content (AvgIpc) is 2.96. The molecule has 1 aliphatic rings. The van der Waals surface area contributed by atoms with E-state index in [1.165, 1.54) is 22.0 Å². The number of nitrogens with zero attached hydrogens (tertiary/aromatic N) is 2. The van der Waals surface area contributed by atoms with Crippen LogP contribution in [0.15, 0.2) is 30.5 Å². The third-order valence-corrected chi connectivity index (χ3v) is 4.40. The van der Waals surface area contributed by atoms with Crippen LogP contribution in [-0.2, 0) is 11.2 Å². The lowest BCUT2D eigenvalue weighted by Gasteiger charge is -2.25. The van der Waals surface area contributed by atoms with E-state index in [2.05, 4.69) is 65.4 Å². The molecular formula is C19H27N3O. The first kappa shape index (κ1) is 16.2. The van der Waals surface area contributed by atoms with Crippen molar-refractivity contribution in [2.75, 3.05) is 53.5 Å². The number of fused-ring (bicyclic) bond motifs is 1. The number of benzene rings is 1. The van der Waals surface area contributed by atoms with Crippen molar-refractivity contribution in [2.24, 2.45) is 0 Å². The lowest BCUT2D eigenvalue weighted by atomic mass is 10.1. The summed E-state index contributed by atoms with van der Waals surface area (Å²) in [4.78, 5) is 8.04. The van der Waals surface area contributed by atoms with E-state index in [1.807, 2.05) is 0 Å². The maximum absolute atomic E-state index is 5.38. The molecule has 1 aliphatic heterocycles. The minimum atomic E-state index is 0.860. The van der Waals surface area contributed by atoms with Crippen LogP contribution in [0.1, 0.15) is 11.1 Å². The SMILES string of the molecule is CN(C)CCc1c[nH]c2ccc(C=CCN3CCOCC3)cc12. The number of nitrogens with one attached hydrogen (secondary N) is 1. The topological polar surface area (TPSA) is 31.5 Å². The number of H-pyrrole nitrogens is 1. The number of morpholine rings is 1. The molecule has 0 spiro atoms. The van der Waals surface area contributed by atoms with Crippen LogP contribution < -0.4 is 0 Å². The second-order valence-electron chi connectivity index (χ2n) is 6.49. The maximum atomic E-state index is 5.38. The molecule has 3 rings (SSSR count). The minimum absolute atomic E-state index is 0.860. The number of aromatic nitrogens is 1. The van der Waals surface area contributed by atoms with Crippen molar-refractivity contribution >= 4 is 17.0 Å². The summed E-state index contributed by atoms with van der Waals surface area (Å²) in [5.41, 5.74) is 3.90. The van der Waals surface area contributed by atoms with Gasteiger partial charge in [0.2, 0.25) is 0 Å². The molecule has 0 unspecified atom stereocenters. The van der Waals surface area contributed by atoms with Crippen molar-refractivity contribution < 1.29 is 4.74 Å². The van der Waals surface area contributed by atoms with E-state index in [0.29, 0.717) is 0 Å². The van der Waals surface area contributed by atoms with Gasteiger partial charge in [0.1, 0.15) is 0 Å². The molecular weight excluding hydrogens is 286 g/mol. The van der Waals surface area contributed by atoms with Crippen molar-refractivity contribution in [2.45, 2.75) is 6.42 Å². The summed E-state index contributed by atoms with van der Waals surface area (Å²) in [5, 5.41) is 1.35. The summed E-state index contributed by atoms with van der Waals surface area (Å²) in [6.07, 6.45) is 7.72. The number of ether oxygens (including phenoxy) is 1. The van der Waals surface area contributed by atoms with Crippen molar-refractivity contribution in [3.8, 4) is 0 Å². The smallest absolute Gasteiger partial charge is 0.0594 e. The van der Waals surface area contributed by atoms with Gasteiger partial charge >= 0.3 is 0 Å². The molecule has 1 fully saturated rings. The first-order chi connectivity index (χ1) is 11.2. The first-order valence-electron chi connectivity index (χ1n) is 8.44. The molecule has 0 bridgehead atoms. The molecule has 1 aromatic heterocycles. The van der Waals surface area contributed by atoms with E-state index in [1.54, 1.807) is 0 Å². The van der Waals surface area contributed by atoms with Crippen LogP contribution in [0.5, 0.6) is 0 Å². The van der Waals surface area contributed by atoms with Crippen LogP contribution in [0.2, 0.25) is 0 Å². The molecule has 1 N–H and O–H groups in total. The maximum Gasteiger partial charge on any atom is 0.0594 e. The molecule has 124 valence electrons. The Bertz CT molecular complexity index is 654. The predicted octanol–water partition coefficient (Wildman–Crippen LogP) is 2.62. The van der Waals surface area contributed by atoms with Crippen LogP contribution >= 0.6 is 0 Å². The van der Waals surface area contributed by atoms with Gasteiger partial charge in [-0.25, -0.2) is 0 Å². The molecule has 4 nitrogen and oxygen atoms in total. The Balaban J connectivity index is 1.67. The fourth-order valence-corrected chi connectivity index (χ4v) is 2.97. The zero-order chi connectivity index (χ0) is 16.1. The molecule has 2 heterocycles. The lowest BCUT2D eigenvalue weighted by Crippen LogP contribution is -2.36. The summed E-state index contributed by atoms with van der Waals surface area (Å²) in [7, 11) is 4.24. The number of hydrogen-bond donors (Lipinski definition) is 1. The largest absolute Gasteiger partial charge is 0.379 e. The lowest BCUT2D eigenvalue weighted by molar-refractivity contribution is 0.0435. The van der Waals surface area contributed by atoms with Crippen LogP contribution in [0, 0.1) is 0 Å². The standard InChI is InChI=1S/C19H27N3O/c1-21(2)9-7-17-15-20-19-6-5-16(14-18(17)19)4-3-8-22-10-12-23-13-11-22/h3-6,14-15,20H,7-13H2,1-2H3. The first-order valence-corrected chi connectivity index (χ1v) is 8.44. The molecule has 4 heteroatoms. The van der Waals surface area contributed by atoms with Gasteiger partial charge in [-0.15, -0.1) is 0 Å². The van der Waals surface area contributed by atoms with E-state index in [-0.39, 0.29) is 0 Å². The summed E-state index contributed by atoms with van der Waals surface area (Å²) in [5.74, 6) is 0. The van der Waals surface area contributed by atoms with E-state index in [9.17, 15) is 0 Å². The number of rotatable bonds is 6. The Labute approximate surface area is 138 Å². The minimum Gasteiger partial charge on any atom is -0.379 e. The van der Waals surface area contributed by atoms with Gasteiger partial charge in [-0.1, -0.05) is 18.2 Å². The van der Waals surface area contributed by atoms with Gasteiger partial charge in [-0.3, -0.25) is 4.90 Å². The highest BCUT2D eigenvalue weighted by atomic mass is 16.5. The van der Waals surface area contributed by atoms with Crippen molar-refractivity contribution in [3.05, 3.63) is 41.6 Å². The third kappa shape index (κ3) is 4.44. The van der Waals surface area contributed by atoms with Crippen LogP contribution in [0.3, 0.4) is 0 Å². The zero-order valence-corrected chi connectivity index (χ0v) is 14.2. The Morgan fingerprint density at radius 3 is 2.87 bits per heavy atom. The van der Waals surface area contributed by atoms with Crippen molar-refractivity contribution in [1.29, 1.82) is 0 Å². The second kappa shape index (κ2) is 7.77. The van der Waals surface area contributed by atoms with E-state index in [0.717, 1.165) is 45.8 Å².